The van der Waals surface area contributed by atoms with Gasteiger partial charge in [-0.25, -0.2) is 15.0 Å². The molecule has 40 heavy (non-hydrogen) atoms. The van der Waals surface area contributed by atoms with Crippen molar-refractivity contribution in [3.8, 4) is 17.1 Å². The molecule has 0 radical (unpaired) electrons. The summed E-state index contributed by atoms with van der Waals surface area (Å²) in [6.45, 7) is 5.34. The number of carbonyl (C=O) groups excluding carboxylic acids is 1. The number of halogens is 3. The number of anilines is 3. The maximum atomic E-state index is 13.6. The van der Waals surface area contributed by atoms with Crippen LogP contribution >= 0.6 is 0 Å². The van der Waals surface area contributed by atoms with Crippen molar-refractivity contribution in [2.24, 2.45) is 0 Å². The Hall–Kier alpha value is -5.13. The number of nitrogens with one attached hydrogen (secondary N) is 2. The number of rotatable bonds is 6. The van der Waals surface area contributed by atoms with E-state index in [1.165, 1.54) is 16.8 Å². The number of nitrogens with zero attached hydrogens (tertiary/aromatic N) is 6. The number of hydrogen-bond donors (Lipinski definition) is 2. The Morgan fingerprint density at radius 3 is 2.40 bits per heavy atom. The van der Waals surface area contributed by atoms with Gasteiger partial charge in [0.05, 0.1) is 17.0 Å². The standard InChI is InChI=1S/C28H23F3N8O/c1-16-4-5-19(12-24(16)38-27-35-7-6-23(37-27)25-17(2)32-8-9-34-25)26(40)36-21-13-20(28(29,30)31)14-22(15-21)39-11-10-33-18(39)3/h4-15H,1-3H3,(H,36,40)(H,35,37,38). The van der Waals surface area contributed by atoms with Crippen molar-refractivity contribution >= 4 is 23.2 Å². The van der Waals surface area contributed by atoms with Gasteiger partial charge in [-0.05, 0) is 62.7 Å². The highest BCUT2D eigenvalue weighted by Gasteiger charge is 2.31. The highest BCUT2D eigenvalue weighted by atomic mass is 19.4. The Balaban J connectivity index is 1.42. The van der Waals surface area contributed by atoms with Crippen molar-refractivity contribution in [2.75, 3.05) is 10.6 Å². The molecule has 0 unspecified atom stereocenters. The van der Waals surface area contributed by atoms with E-state index in [9.17, 15) is 18.0 Å². The second kappa shape index (κ2) is 10.6. The molecule has 0 aliphatic rings. The van der Waals surface area contributed by atoms with Crippen LogP contribution < -0.4 is 10.6 Å². The molecule has 202 valence electrons. The fourth-order valence-electron chi connectivity index (χ4n) is 4.07. The zero-order valence-corrected chi connectivity index (χ0v) is 21.7. The van der Waals surface area contributed by atoms with E-state index >= 15 is 0 Å². The van der Waals surface area contributed by atoms with Crippen molar-refractivity contribution in [3.63, 3.8) is 0 Å². The first-order chi connectivity index (χ1) is 19.1. The molecule has 2 N–H and O–H groups in total. The van der Waals surface area contributed by atoms with E-state index in [1.807, 2.05) is 13.8 Å². The van der Waals surface area contributed by atoms with Gasteiger partial charge in [-0.3, -0.25) is 14.8 Å². The van der Waals surface area contributed by atoms with Gasteiger partial charge in [0.15, 0.2) is 0 Å². The molecule has 2 aromatic carbocycles. The SMILES string of the molecule is Cc1ccc(C(=O)Nc2cc(-n3ccnc3C)cc(C(F)(F)F)c2)cc1Nc1nccc(-c2nccnc2C)n1. The molecule has 0 saturated carbocycles. The lowest BCUT2D eigenvalue weighted by molar-refractivity contribution is -0.137. The zero-order chi connectivity index (χ0) is 28.4. The van der Waals surface area contributed by atoms with E-state index in [0.717, 1.165) is 17.7 Å². The van der Waals surface area contributed by atoms with E-state index in [-0.39, 0.29) is 22.9 Å². The zero-order valence-electron chi connectivity index (χ0n) is 21.7. The molecule has 0 atom stereocenters. The first-order valence-electron chi connectivity index (χ1n) is 12.1. The maximum Gasteiger partial charge on any atom is 0.416 e. The van der Waals surface area contributed by atoms with Gasteiger partial charge in [0.2, 0.25) is 5.95 Å². The fourth-order valence-corrected chi connectivity index (χ4v) is 4.07. The Morgan fingerprint density at radius 1 is 0.875 bits per heavy atom. The van der Waals surface area contributed by atoms with Crippen LogP contribution in [0.15, 0.2) is 73.4 Å². The first kappa shape index (κ1) is 26.5. The van der Waals surface area contributed by atoms with E-state index in [2.05, 4.69) is 35.6 Å². The fraction of sp³-hybridized carbons (Fsp3) is 0.143. The number of carbonyl (C=O) groups is 1. The van der Waals surface area contributed by atoms with Gasteiger partial charge in [-0.15, -0.1) is 0 Å². The molecule has 5 rings (SSSR count). The predicted octanol–water partition coefficient (Wildman–Crippen LogP) is 6.06. The van der Waals surface area contributed by atoms with E-state index in [4.69, 9.17) is 0 Å². The third-order valence-corrected chi connectivity index (χ3v) is 6.13. The monoisotopic (exact) mass is 544 g/mol. The lowest BCUT2D eigenvalue weighted by Crippen LogP contribution is -2.15. The summed E-state index contributed by atoms with van der Waals surface area (Å²) in [5.74, 6) is 0.202. The topological polar surface area (TPSA) is 111 Å². The smallest absolute Gasteiger partial charge is 0.324 e. The molecule has 0 fully saturated rings. The van der Waals surface area contributed by atoms with Gasteiger partial charge in [0.1, 0.15) is 11.5 Å². The van der Waals surface area contributed by atoms with Crippen molar-refractivity contribution in [2.45, 2.75) is 26.9 Å². The Kier molecular flexibility index (Phi) is 6.99. The molecule has 3 heterocycles. The summed E-state index contributed by atoms with van der Waals surface area (Å²) >= 11 is 0. The van der Waals surface area contributed by atoms with Gasteiger partial charge >= 0.3 is 6.18 Å². The minimum Gasteiger partial charge on any atom is -0.324 e. The molecule has 0 bridgehead atoms. The molecule has 5 aromatic rings. The number of hydrogen-bond acceptors (Lipinski definition) is 7. The van der Waals surface area contributed by atoms with Crippen LogP contribution in [-0.2, 0) is 6.18 Å². The molecular formula is C28H23F3N8O. The molecule has 9 nitrogen and oxygen atoms in total. The van der Waals surface area contributed by atoms with Crippen LogP contribution in [0.3, 0.4) is 0 Å². The van der Waals surface area contributed by atoms with E-state index in [0.29, 0.717) is 28.6 Å². The summed E-state index contributed by atoms with van der Waals surface area (Å²) in [5.41, 5.74) is 2.81. The summed E-state index contributed by atoms with van der Waals surface area (Å²) in [6.07, 6.45) is 3.19. The second-order valence-electron chi connectivity index (χ2n) is 8.98. The molecule has 3 aromatic heterocycles. The summed E-state index contributed by atoms with van der Waals surface area (Å²) < 4.78 is 42.5. The Morgan fingerprint density at radius 2 is 1.68 bits per heavy atom. The van der Waals surface area contributed by atoms with Crippen molar-refractivity contribution in [1.29, 1.82) is 0 Å². The predicted molar refractivity (Wildman–Crippen MR) is 144 cm³/mol. The van der Waals surface area contributed by atoms with E-state index in [1.54, 1.807) is 56.0 Å². The number of aryl methyl sites for hydroxylation is 3. The molecule has 0 aliphatic carbocycles. The van der Waals surface area contributed by atoms with Gasteiger partial charge in [0, 0.05) is 53.6 Å². The summed E-state index contributed by atoms with van der Waals surface area (Å²) in [6, 6.07) is 9.98. The normalized spacial score (nSPS) is 11.3. The van der Waals surface area contributed by atoms with Crippen LogP contribution in [0, 0.1) is 20.8 Å². The van der Waals surface area contributed by atoms with Crippen molar-refractivity contribution < 1.29 is 18.0 Å². The Bertz CT molecular complexity index is 1710. The Labute approximate surface area is 227 Å². The van der Waals surface area contributed by atoms with Gasteiger partial charge in [-0.1, -0.05) is 6.07 Å². The van der Waals surface area contributed by atoms with Gasteiger partial charge in [-0.2, -0.15) is 13.2 Å². The lowest BCUT2D eigenvalue weighted by atomic mass is 10.1. The first-order valence-corrected chi connectivity index (χ1v) is 12.1. The number of alkyl halides is 3. The van der Waals surface area contributed by atoms with Crippen molar-refractivity contribution in [3.05, 3.63) is 102 Å². The largest absolute Gasteiger partial charge is 0.416 e. The average molecular weight is 545 g/mol. The molecule has 0 aliphatic heterocycles. The second-order valence-corrected chi connectivity index (χ2v) is 8.98. The van der Waals surface area contributed by atoms with E-state index < -0.39 is 17.6 Å². The van der Waals surface area contributed by atoms with Crippen LogP contribution in [0.2, 0.25) is 0 Å². The summed E-state index contributed by atoms with van der Waals surface area (Å²) in [4.78, 5) is 34.6. The van der Waals surface area contributed by atoms with Gasteiger partial charge in [0.25, 0.3) is 5.91 Å². The quantitative estimate of drug-likeness (QED) is 0.267. The van der Waals surface area contributed by atoms with Crippen LogP contribution in [0.5, 0.6) is 0 Å². The minimum atomic E-state index is -4.61. The van der Waals surface area contributed by atoms with Crippen molar-refractivity contribution in [1.82, 2.24) is 29.5 Å². The number of benzene rings is 2. The number of aromatic nitrogens is 6. The number of amides is 1. The molecule has 0 saturated heterocycles. The molecule has 0 spiro atoms. The minimum absolute atomic E-state index is 0.00613. The van der Waals surface area contributed by atoms with Gasteiger partial charge < -0.3 is 15.2 Å². The van der Waals surface area contributed by atoms with Crippen LogP contribution in [0.4, 0.5) is 30.5 Å². The molecular weight excluding hydrogens is 521 g/mol. The molecule has 12 heteroatoms. The third-order valence-electron chi connectivity index (χ3n) is 6.13. The highest BCUT2D eigenvalue weighted by molar-refractivity contribution is 6.05. The van der Waals surface area contributed by atoms with Crippen LogP contribution in [0.1, 0.15) is 33.0 Å². The van der Waals surface area contributed by atoms with Crippen LogP contribution in [0.25, 0.3) is 17.1 Å². The maximum absolute atomic E-state index is 13.6. The summed E-state index contributed by atoms with van der Waals surface area (Å²) in [7, 11) is 0. The highest BCUT2D eigenvalue weighted by Crippen LogP contribution is 2.33. The third kappa shape index (κ3) is 5.65. The van der Waals surface area contributed by atoms with Crippen LogP contribution in [-0.4, -0.2) is 35.4 Å². The lowest BCUT2D eigenvalue weighted by Gasteiger charge is -2.15. The summed E-state index contributed by atoms with van der Waals surface area (Å²) in [5, 5.41) is 5.71. The molecule has 1 amide bonds. The number of imidazole rings is 1. The average Bonchev–Trinajstić information content (AvgIpc) is 3.35.